The molecule has 11 heteroatoms. The number of ether oxygens (including phenoxy) is 2. The van der Waals surface area contributed by atoms with E-state index >= 15 is 0 Å². The predicted octanol–water partition coefficient (Wildman–Crippen LogP) is 1.19. The summed E-state index contributed by atoms with van der Waals surface area (Å²) in [5.41, 5.74) is 0.693. The van der Waals surface area contributed by atoms with Crippen molar-refractivity contribution < 1.29 is 19.1 Å². The molecule has 180 valence electrons. The van der Waals surface area contributed by atoms with E-state index in [1.54, 1.807) is 24.3 Å². The van der Waals surface area contributed by atoms with Gasteiger partial charge in [0.25, 0.3) is 11.5 Å². The quantitative estimate of drug-likeness (QED) is 0.378. The number of hydrogen-bond donors (Lipinski definition) is 1. The van der Waals surface area contributed by atoms with E-state index in [0.717, 1.165) is 10.1 Å². The standard InChI is InChI=1S/C24H23N5O6/c1-27-22-21(23(32)28(2)24(27)33)29(15-25-22)12-20(31)35-14-19(30)26-17-8-10-18(11-9-17)34-13-16-6-4-3-5-7-16/h3-11,15H,12-14H2,1-2H3,(H,26,30). The van der Waals surface area contributed by atoms with E-state index in [-0.39, 0.29) is 17.7 Å². The van der Waals surface area contributed by atoms with Crippen molar-refractivity contribution in [2.45, 2.75) is 13.2 Å². The van der Waals surface area contributed by atoms with Crippen LogP contribution in [0.1, 0.15) is 5.56 Å². The molecule has 2 aromatic heterocycles. The van der Waals surface area contributed by atoms with E-state index in [0.29, 0.717) is 18.0 Å². The molecular weight excluding hydrogens is 454 g/mol. The van der Waals surface area contributed by atoms with Crippen molar-refractivity contribution >= 4 is 28.7 Å². The zero-order valence-corrected chi connectivity index (χ0v) is 19.1. The second-order valence-corrected chi connectivity index (χ2v) is 7.76. The maximum absolute atomic E-state index is 12.4. The topological polar surface area (TPSA) is 126 Å². The Labute approximate surface area is 199 Å². The molecule has 11 nitrogen and oxygen atoms in total. The first kappa shape index (κ1) is 23.5. The maximum atomic E-state index is 12.4. The number of esters is 1. The maximum Gasteiger partial charge on any atom is 0.332 e. The fourth-order valence-corrected chi connectivity index (χ4v) is 3.42. The normalized spacial score (nSPS) is 10.8. The lowest BCUT2D eigenvalue weighted by atomic mass is 10.2. The van der Waals surface area contributed by atoms with Crippen LogP contribution in [-0.4, -0.2) is 37.2 Å². The van der Waals surface area contributed by atoms with Crippen LogP contribution in [0.15, 0.2) is 70.5 Å². The first-order chi connectivity index (χ1) is 16.8. The second kappa shape index (κ2) is 10.1. The first-order valence-electron chi connectivity index (χ1n) is 10.7. The summed E-state index contributed by atoms with van der Waals surface area (Å²) in [6, 6.07) is 16.5. The number of fused-ring (bicyclic) bond motifs is 1. The average Bonchev–Trinajstić information content (AvgIpc) is 3.28. The zero-order chi connectivity index (χ0) is 24.9. The van der Waals surface area contributed by atoms with E-state index in [2.05, 4.69) is 10.3 Å². The van der Waals surface area contributed by atoms with Gasteiger partial charge < -0.3 is 19.4 Å². The third-order valence-corrected chi connectivity index (χ3v) is 5.27. The molecule has 2 heterocycles. The molecule has 2 aromatic carbocycles. The van der Waals surface area contributed by atoms with Crippen LogP contribution in [0.2, 0.25) is 0 Å². The Bertz CT molecular complexity index is 1490. The lowest BCUT2D eigenvalue weighted by Gasteiger charge is -2.09. The van der Waals surface area contributed by atoms with Crippen molar-refractivity contribution in [1.29, 1.82) is 0 Å². The molecule has 0 saturated carbocycles. The number of nitrogens with one attached hydrogen (secondary N) is 1. The Kier molecular flexibility index (Phi) is 6.76. The van der Waals surface area contributed by atoms with Crippen LogP contribution in [0.5, 0.6) is 5.75 Å². The Hall–Kier alpha value is -4.67. The van der Waals surface area contributed by atoms with Crippen molar-refractivity contribution in [3.8, 4) is 5.75 Å². The molecule has 0 spiro atoms. The van der Waals surface area contributed by atoms with Gasteiger partial charge in [-0.25, -0.2) is 9.78 Å². The molecule has 0 saturated heterocycles. The molecule has 4 aromatic rings. The molecule has 35 heavy (non-hydrogen) atoms. The SMILES string of the molecule is Cn1c(=O)c2c(ncn2CC(=O)OCC(=O)Nc2ccc(OCc3ccccc3)cc2)n(C)c1=O. The lowest BCUT2D eigenvalue weighted by Crippen LogP contribution is -2.37. The van der Waals surface area contributed by atoms with Gasteiger partial charge in [0.2, 0.25) is 0 Å². The molecule has 0 aliphatic carbocycles. The van der Waals surface area contributed by atoms with Crippen LogP contribution in [0.25, 0.3) is 11.2 Å². The van der Waals surface area contributed by atoms with Crippen LogP contribution in [0.3, 0.4) is 0 Å². The lowest BCUT2D eigenvalue weighted by molar-refractivity contribution is -0.147. The Morgan fingerprint density at radius 1 is 0.971 bits per heavy atom. The van der Waals surface area contributed by atoms with E-state index in [9.17, 15) is 19.2 Å². The number of amides is 1. The number of anilines is 1. The van der Waals surface area contributed by atoms with Crippen molar-refractivity contribution in [1.82, 2.24) is 18.7 Å². The van der Waals surface area contributed by atoms with Gasteiger partial charge >= 0.3 is 11.7 Å². The molecule has 0 unspecified atom stereocenters. The van der Waals surface area contributed by atoms with Crippen LogP contribution in [-0.2, 0) is 41.6 Å². The van der Waals surface area contributed by atoms with Crippen LogP contribution < -0.4 is 21.3 Å². The monoisotopic (exact) mass is 477 g/mol. The van der Waals surface area contributed by atoms with Gasteiger partial charge in [0.15, 0.2) is 17.8 Å². The molecule has 0 bridgehead atoms. The first-order valence-corrected chi connectivity index (χ1v) is 10.7. The summed E-state index contributed by atoms with van der Waals surface area (Å²) in [7, 11) is 2.82. The Morgan fingerprint density at radius 3 is 2.40 bits per heavy atom. The number of rotatable bonds is 8. The molecule has 0 radical (unpaired) electrons. The number of hydrogen-bond acceptors (Lipinski definition) is 7. The highest BCUT2D eigenvalue weighted by Gasteiger charge is 2.17. The summed E-state index contributed by atoms with van der Waals surface area (Å²) >= 11 is 0. The van der Waals surface area contributed by atoms with E-state index in [1.165, 1.54) is 29.6 Å². The third-order valence-electron chi connectivity index (χ3n) is 5.27. The number of aromatic nitrogens is 4. The van der Waals surface area contributed by atoms with E-state index in [4.69, 9.17) is 9.47 Å². The third kappa shape index (κ3) is 5.29. The number of aryl methyl sites for hydroxylation is 1. The van der Waals surface area contributed by atoms with Crippen molar-refractivity contribution in [2.24, 2.45) is 14.1 Å². The molecule has 0 aliphatic heterocycles. The van der Waals surface area contributed by atoms with Crippen LogP contribution in [0, 0.1) is 0 Å². The highest BCUT2D eigenvalue weighted by Crippen LogP contribution is 2.17. The van der Waals surface area contributed by atoms with Gasteiger partial charge in [-0.3, -0.25) is 23.5 Å². The summed E-state index contributed by atoms with van der Waals surface area (Å²) in [6.07, 6.45) is 1.27. The van der Waals surface area contributed by atoms with Crippen molar-refractivity contribution in [2.75, 3.05) is 11.9 Å². The summed E-state index contributed by atoms with van der Waals surface area (Å²) in [6.45, 7) is -0.421. The summed E-state index contributed by atoms with van der Waals surface area (Å²) < 4.78 is 14.2. The summed E-state index contributed by atoms with van der Waals surface area (Å²) in [5, 5.41) is 2.63. The fraction of sp³-hybridized carbons (Fsp3) is 0.208. The smallest absolute Gasteiger partial charge is 0.332 e. The van der Waals surface area contributed by atoms with Gasteiger partial charge in [-0.2, -0.15) is 0 Å². The summed E-state index contributed by atoms with van der Waals surface area (Å²) in [5.74, 6) is -0.611. The second-order valence-electron chi connectivity index (χ2n) is 7.76. The van der Waals surface area contributed by atoms with Gasteiger partial charge in [0.05, 0.1) is 6.33 Å². The minimum absolute atomic E-state index is 0.0885. The van der Waals surface area contributed by atoms with Gasteiger partial charge in [-0.05, 0) is 29.8 Å². The van der Waals surface area contributed by atoms with Gasteiger partial charge in [-0.1, -0.05) is 30.3 Å². The van der Waals surface area contributed by atoms with E-state index in [1.807, 2.05) is 30.3 Å². The number of carbonyl (C=O) groups is 2. The van der Waals surface area contributed by atoms with Gasteiger partial charge in [0.1, 0.15) is 18.9 Å². The number of imidazole rings is 1. The number of carbonyl (C=O) groups excluding carboxylic acids is 2. The zero-order valence-electron chi connectivity index (χ0n) is 19.1. The fourth-order valence-electron chi connectivity index (χ4n) is 3.42. The molecule has 4 rings (SSSR count). The average molecular weight is 477 g/mol. The molecule has 1 N–H and O–H groups in total. The number of benzene rings is 2. The summed E-state index contributed by atoms with van der Waals surface area (Å²) in [4.78, 5) is 52.9. The van der Waals surface area contributed by atoms with E-state index < -0.39 is 29.7 Å². The van der Waals surface area contributed by atoms with Gasteiger partial charge in [0, 0.05) is 19.8 Å². The van der Waals surface area contributed by atoms with Crippen molar-refractivity contribution in [3.05, 3.63) is 87.3 Å². The van der Waals surface area contributed by atoms with Gasteiger partial charge in [-0.15, -0.1) is 0 Å². The van der Waals surface area contributed by atoms with Crippen LogP contribution in [0.4, 0.5) is 5.69 Å². The highest BCUT2D eigenvalue weighted by molar-refractivity contribution is 5.92. The number of nitrogens with zero attached hydrogens (tertiary/aromatic N) is 4. The molecule has 1 amide bonds. The molecule has 0 aliphatic rings. The molecule has 0 fully saturated rings. The molecular formula is C24H23N5O6. The Morgan fingerprint density at radius 2 is 1.69 bits per heavy atom. The molecule has 0 atom stereocenters. The minimum Gasteiger partial charge on any atom is -0.489 e. The van der Waals surface area contributed by atoms with Crippen molar-refractivity contribution in [3.63, 3.8) is 0 Å². The highest BCUT2D eigenvalue weighted by atomic mass is 16.5. The predicted molar refractivity (Wildman–Crippen MR) is 127 cm³/mol. The Balaban J connectivity index is 1.29. The largest absolute Gasteiger partial charge is 0.489 e. The minimum atomic E-state index is -0.736. The van der Waals surface area contributed by atoms with Crippen LogP contribution >= 0.6 is 0 Å².